The Balaban J connectivity index is 1.73. The molecule has 1 saturated carbocycles. The quantitative estimate of drug-likeness (QED) is 0.675. The highest BCUT2D eigenvalue weighted by Gasteiger charge is 2.28. The highest BCUT2D eigenvalue weighted by molar-refractivity contribution is 5.47. The SMILES string of the molecule is O=c1[nH]nnn1-c1cccc(C2CC2)c1COc1ccn(O)n1. The van der Waals surface area contributed by atoms with E-state index < -0.39 is 5.69 Å². The Morgan fingerprint density at radius 3 is 2.87 bits per heavy atom. The van der Waals surface area contributed by atoms with Crippen LogP contribution in [0.15, 0.2) is 35.3 Å². The zero-order valence-electron chi connectivity index (χ0n) is 12.1. The second kappa shape index (κ2) is 5.27. The van der Waals surface area contributed by atoms with Crippen molar-refractivity contribution in [1.82, 2.24) is 30.2 Å². The Morgan fingerprint density at radius 1 is 1.35 bits per heavy atom. The third-order valence-electron chi connectivity index (χ3n) is 3.82. The van der Waals surface area contributed by atoms with Crippen LogP contribution >= 0.6 is 0 Å². The van der Waals surface area contributed by atoms with Crippen LogP contribution in [0, 0.1) is 0 Å². The van der Waals surface area contributed by atoms with Gasteiger partial charge in [0.15, 0.2) is 0 Å². The van der Waals surface area contributed by atoms with E-state index in [2.05, 4.69) is 20.6 Å². The predicted molar refractivity (Wildman–Crippen MR) is 77.7 cm³/mol. The molecule has 0 amide bonds. The summed E-state index contributed by atoms with van der Waals surface area (Å²) in [6, 6.07) is 7.30. The lowest BCUT2D eigenvalue weighted by Crippen LogP contribution is -2.19. The van der Waals surface area contributed by atoms with Gasteiger partial charge in [-0.15, -0.1) is 4.85 Å². The number of rotatable bonds is 5. The average molecular weight is 314 g/mol. The Kier molecular flexibility index (Phi) is 3.11. The molecule has 1 fully saturated rings. The second-order valence-corrected chi connectivity index (χ2v) is 5.40. The zero-order valence-corrected chi connectivity index (χ0v) is 12.1. The third-order valence-corrected chi connectivity index (χ3v) is 3.82. The first kappa shape index (κ1) is 13.6. The Morgan fingerprint density at radius 2 is 2.22 bits per heavy atom. The van der Waals surface area contributed by atoms with Gasteiger partial charge in [0, 0.05) is 11.6 Å². The predicted octanol–water partition coefficient (Wildman–Crippen LogP) is 0.846. The first-order chi connectivity index (χ1) is 11.2. The average Bonchev–Trinajstić information content (AvgIpc) is 3.18. The summed E-state index contributed by atoms with van der Waals surface area (Å²) in [4.78, 5) is 12.5. The van der Waals surface area contributed by atoms with Crippen LogP contribution in [0.25, 0.3) is 5.69 Å². The van der Waals surface area contributed by atoms with Gasteiger partial charge in [-0.2, -0.15) is 4.68 Å². The van der Waals surface area contributed by atoms with Gasteiger partial charge in [0.05, 0.1) is 11.9 Å². The van der Waals surface area contributed by atoms with Gasteiger partial charge in [0.25, 0.3) is 0 Å². The monoisotopic (exact) mass is 314 g/mol. The molecular formula is C14H14N6O3. The normalized spacial score (nSPS) is 14.1. The molecule has 0 spiro atoms. The van der Waals surface area contributed by atoms with Gasteiger partial charge in [-0.05, 0) is 40.8 Å². The number of benzene rings is 1. The summed E-state index contributed by atoms with van der Waals surface area (Å²) < 4.78 is 6.86. The minimum Gasteiger partial charge on any atom is -0.472 e. The fourth-order valence-electron chi connectivity index (χ4n) is 2.60. The molecule has 1 aliphatic rings. The highest BCUT2D eigenvalue weighted by atomic mass is 16.5. The van der Waals surface area contributed by atoms with Gasteiger partial charge in [-0.1, -0.05) is 17.2 Å². The van der Waals surface area contributed by atoms with Crippen molar-refractivity contribution in [3.05, 3.63) is 52.1 Å². The number of H-pyrrole nitrogens is 1. The molecule has 2 aromatic heterocycles. The highest BCUT2D eigenvalue weighted by Crippen LogP contribution is 2.42. The molecule has 9 nitrogen and oxygen atoms in total. The van der Waals surface area contributed by atoms with Crippen molar-refractivity contribution in [3.63, 3.8) is 0 Å². The van der Waals surface area contributed by atoms with Crippen molar-refractivity contribution in [1.29, 1.82) is 0 Å². The van der Waals surface area contributed by atoms with E-state index in [0.29, 0.717) is 22.3 Å². The molecule has 1 aliphatic carbocycles. The first-order valence-electron chi connectivity index (χ1n) is 7.22. The van der Waals surface area contributed by atoms with E-state index in [-0.39, 0.29) is 6.61 Å². The molecule has 0 unspecified atom stereocenters. The molecule has 118 valence electrons. The molecule has 0 atom stereocenters. The van der Waals surface area contributed by atoms with Crippen LogP contribution in [-0.2, 0) is 6.61 Å². The smallest absolute Gasteiger partial charge is 0.365 e. The summed E-state index contributed by atoms with van der Waals surface area (Å²) in [5, 5.41) is 22.6. The van der Waals surface area contributed by atoms with Gasteiger partial charge in [-0.25, -0.2) is 9.89 Å². The molecule has 0 radical (unpaired) electrons. The van der Waals surface area contributed by atoms with Crippen molar-refractivity contribution in [2.24, 2.45) is 0 Å². The Bertz CT molecular complexity index is 892. The van der Waals surface area contributed by atoms with Crippen molar-refractivity contribution >= 4 is 0 Å². The number of aromatic nitrogens is 6. The van der Waals surface area contributed by atoms with Crippen LogP contribution < -0.4 is 10.4 Å². The fraction of sp³-hybridized carbons (Fsp3) is 0.286. The van der Waals surface area contributed by atoms with Gasteiger partial charge < -0.3 is 9.94 Å². The van der Waals surface area contributed by atoms with Gasteiger partial charge >= 0.3 is 5.69 Å². The fourth-order valence-corrected chi connectivity index (χ4v) is 2.60. The topological polar surface area (TPSA) is 111 Å². The summed E-state index contributed by atoms with van der Waals surface area (Å²) in [5.74, 6) is 0.781. The molecule has 4 rings (SSSR count). The van der Waals surface area contributed by atoms with Gasteiger partial charge in [0.1, 0.15) is 6.61 Å². The van der Waals surface area contributed by atoms with E-state index >= 15 is 0 Å². The van der Waals surface area contributed by atoms with Gasteiger partial charge in [0.2, 0.25) is 5.88 Å². The van der Waals surface area contributed by atoms with Crippen LogP contribution in [0.1, 0.15) is 29.9 Å². The maximum absolute atomic E-state index is 11.8. The van der Waals surface area contributed by atoms with Crippen LogP contribution in [0.3, 0.4) is 0 Å². The molecule has 0 bridgehead atoms. The molecule has 0 saturated heterocycles. The molecule has 2 heterocycles. The number of nitrogens with zero attached hydrogens (tertiary/aromatic N) is 5. The van der Waals surface area contributed by atoms with Crippen molar-refractivity contribution in [2.45, 2.75) is 25.4 Å². The molecule has 1 aromatic carbocycles. The number of ether oxygens (including phenoxy) is 1. The Hall–Kier alpha value is -3.10. The van der Waals surface area contributed by atoms with Crippen molar-refractivity contribution in [2.75, 3.05) is 0 Å². The van der Waals surface area contributed by atoms with E-state index in [1.807, 2.05) is 12.1 Å². The number of hydrogen-bond acceptors (Lipinski definition) is 6. The number of hydrogen-bond donors (Lipinski definition) is 2. The summed E-state index contributed by atoms with van der Waals surface area (Å²) in [6.07, 6.45) is 3.62. The lowest BCUT2D eigenvalue weighted by molar-refractivity contribution is 0.141. The van der Waals surface area contributed by atoms with Crippen LogP contribution in [0.5, 0.6) is 5.88 Å². The maximum atomic E-state index is 11.8. The van der Waals surface area contributed by atoms with Crippen LogP contribution in [-0.4, -0.2) is 35.4 Å². The van der Waals surface area contributed by atoms with Crippen molar-refractivity contribution < 1.29 is 9.94 Å². The van der Waals surface area contributed by atoms with E-state index in [1.54, 1.807) is 12.1 Å². The summed E-state index contributed by atoms with van der Waals surface area (Å²) >= 11 is 0. The van der Waals surface area contributed by atoms with E-state index in [1.165, 1.54) is 10.9 Å². The lowest BCUT2D eigenvalue weighted by atomic mass is 10.0. The summed E-state index contributed by atoms with van der Waals surface area (Å²) in [7, 11) is 0. The van der Waals surface area contributed by atoms with Gasteiger partial charge in [-0.3, -0.25) is 0 Å². The molecule has 23 heavy (non-hydrogen) atoms. The minimum atomic E-state index is -0.404. The van der Waals surface area contributed by atoms with E-state index in [0.717, 1.165) is 24.0 Å². The van der Waals surface area contributed by atoms with Crippen LogP contribution in [0.4, 0.5) is 0 Å². The summed E-state index contributed by atoms with van der Waals surface area (Å²) in [5.41, 5.74) is 2.25. The molecular weight excluding hydrogens is 300 g/mol. The lowest BCUT2D eigenvalue weighted by Gasteiger charge is -2.13. The second-order valence-electron chi connectivity index (χ2n) is 5.40. The Labute approximate surface area is 130 Å². The zero-order chi connectivity index (χ0) is 15.8. The minimum absolute atomic E-state index is 0.221. The maximum Gasteiger partial charge on any atom is 0.365 e. The molecule has 9 heteroatoms. The van der Waals surface area contributed by atoms with Crippen LogP contribution in [0.2, 0.25) is 0 Å². The van der Waals surface area contributed by atoms with E-state index in [4.69, 9.17) is 4.74 Å². The third kappa shape index (κ3) is 2.56. The standard InChI is InChI=1S/C14H14N6O3/c21-14-15-17-18-20(14)12-3-1-2-10(9-4-5-9)11(12)8-23-13-6-7-19(22)16-13/h1-3,6-7,9,22H,4-5,8H2,(H,15,18,21). The number of nitrogens with one attached hydrogen (secondary N) is 1. The number of tetrazole rings is 1. The molecule has 2 N–H and O–H groups in total. The van der Waals surface area contributed by atoms with E-state index in [9.17, 15) is 10.0 Å². The largest absolute Gasteiger partial charge is 0.472 e. The van der Waals surface area contributed by atoms with Crippen molar-refractivity contribution in [3.8, 4) is 11.6 Å². The summed E-state index contributed by atoms with van der Waals surface area (Å²) in [6.45, 7) is 0.221. The first-order valence-corrected chi connectivity index (χ1v) is 7.22. The molecule has 0 aliphatic heterocycles. The molecule has 3 aromatic rings. The number of aromatic amines is 1.